The fourth-order valence-electron chi connectivity index (χ4n) is 4.67. The van der Waals surface area contributed by atoms with Gasteiger partial charge in [0.05, 0.1) is 33.0 Å². The van der Waals surface area contributed by atoms with Crippen molar-refractivity contribution in [1.82, 2.24) is 14.8 Å². The number of rotatable bonds is 10. The quantitative estimate of drug-likeness (QED) is 0.374. The highest BCUT2D eigenvalue weighted by atomic mass is 32.1. The van der Waals surface area contributed by atoms with Crippen molar-refractivity contribution in [3.05, 3.63) is 75.2 Å². The van der Waals surface area contributed by atoms with Crippen molar-refractivity contribution in [2.24, 2.45) is 0 Å². The second-order valence-corrected chi connectivity index (χ2v) is 10.7. The van der Waals surface area contributed by atoms with E-state index >= 15 is 0 Å². The molecule has 2 atom stereocenters. The number of morpholine rings is 1. The maximum atomic E-state index is 13.1. The van der Waals surface area contributed by atoms with Crippen LogP contribution >= 0.6 is 11.3 Å². The van der Waals surface area contributed by atoms with E-state index in [9.17, 15) is 4.79 Å². The van der Waals surface area contributed by atoms with Crippen molar-refractivity contribution >= 4 is 17.2 Å². The molecule has 1 saturated heterocycles. The summed E-state index contributed by atoms with van der Waals surface area (Å²) in [4.78, 5) is 22.1. The van der Waals surface area contributed by atoms with Gasteiger partial charge in [0.15, 0.2) is 11.5 Å². The number of thiazole rings is 1. The van der Waals surface area contributed by atoms with E-state index in [0.29, 0.717) is 25.3 Å². The van der Waals surface area contributed by atoms with Crippen LogP contribution < -0.4 is 9.47 Å². The van der Waals surface area contributed by atoms with Gasteiger partial charge in [0.1, 0.15) is 10.7 Å². The number of ether oxygens (including phenoxy) is 3. The number of aromatic nitrogens is 1. The van der Waals surface area contributed by atoms with Gasteiger partial charge in [-0.05, 0) is 50.5 Å². The summed E-state index contributed by atoms with van der Waals surface area (Å²) in [7, 11) is 3.30. The molecule has 0 bridgehead atoms. The number of benzene rings is 2. The van der Waals surface area contributed by atoms with Gasteiger partial charge in [-0.1, -0.05) is 35.9 Å². The second-order valence-electron chi connectivity index (χ2n) is 9.73. The lowest BCUT2D eigenvalue weighted by Crippen LogP contribution is -2.48. The van der Waals surface area contributed by atoms with Gasteiger partial charge in [0.25, 0.3) is 5.91 Å². The Labute approximate surface area is 224 Å². The van der Waals surface area contributed by atoms with Gasteiger partial charge in [-0.25, -0.2) is 4.98 Å². The minimum atomic E-state index is -0.0140. The van der Waals surface area contributed by atoms with Gasteiger partial charge in [0, 0.05) is 31.6 Å². The van der Waals surface area contributed by atoms with Gasteiger partial charge in [-0.15, -0.1) is 11.3 Å². The number of aryl methyl sites for hydroxylation is 1. The van der Waals surface area contributed by atoms with E-state index in [1.807, 2.05) is 36.3 Å². The van der Waals surface area contributed by atoms with Gasteiger partial charge in [-0.2, -0.15) is 0 Å². The molecule has 8 heteroatoms. The van der Waals surface area contributed by atoms with E-state index in [1.165, 1.54) is 16.7 Å². The Morgan fingerprint density at radius 2 is 1.70 bits per heavy atom. The highest BCUT2D eigenvalue weighted by Gasteiger charge is 2.28. The predicted molar refractivity (Wildman–Crippen MR) is 147 cm³/mol. The van der Waals surface area contributed by atoms with Crippen LogP contribution in [0.4, 0.5) is 0 Å². The summed E-state index contributed by atoms with van der Waals surface area (Å²) in [5.41, 5.74) is 4.20. The first kappa shape index (κ1) is 27.1. The number of nitrogens with zero attached hydrogens (tertiary/aromatic N) is 3. The van der Waals surface area contributed by atoms with Crippen molar-refractivity contribution in [2.75, 3.05) is 33.9 Å². The highest BCUT2D eigenvalue weighted by Crippen LogP contribution is 2.28. The topological polar surface area (TPSA) is 64.1 Å². The Morgan fingerprint density at radius 3 is 2.38 bits per heavy atom. The summed E-state index contributed by atoms with van der Waals surface area (Å²) in [6.45, 7) is 9.62. The van der Waals surface area contributed by atoms with E-state index in [2.05, 4.69) is 42.2 Å². The molecule has 198 valence electrons. The largest absolute Gasteiger partial charge is 0.493 e. The van der Waals surface area contributed by atoms with Crippen LogP contribution in [0.3, 0.4) is 0 Å². The van der Waals surface area contributed by atoms with Crippen LogP contribution in [-0.2, 0) is 24.2 Å². The van der Waals surface area contributed by atoms with E-state index in [-0.39, 0.29) is 18.1 Å². The third-order valence-corrected chi connectivity index (χ3v) is 7.36. The average Bonchev–Trinajstić information content (AvgIpc) is 3.35. The number of hydrogen-bond donors (Lipinski definition) is 0. The third-order valence-electron chi connectivity index (χ3n) is 6.53. The van der Waals surface area contributed by atoms with Crippen LogP contribution in [-0.4, -0.2) is 66.8 Å². The molecule has 1 aromatic heterocycles. The number of hydrogen-bond acceptors (Lipinski definition) is 7. The Morgan fingerprint density at radius 1 is 1.03 bits per heavy atom. The summed E-state index contributed by atoms with van der Waals surface area (Å²) in [5.74, 6) is 1.45. The van der Waals surface area contributed by atoms with Gasteiger partial charge < -0.3 is 19.1 Å². The molecule has 1 aliphatic heterocycles. The average molecular weight is 524 g/mol. The first-order valence-electron chi connectivity index (χ1n) is 12.7. The van der Waals surface area contributed by atoms with Crippen molar-refractivity contribution in [2.45, 2.75) is 52.5 Å². The molecule has 0 spiro atoms. The monoisotopic (exact) mass is 523 g/mol. The molecule has 0 aliphatic carbocycles. The Balaban J connectivity index is 1.46. The molecule has 0 saturated carbocycles. The SMILES string of the molecule is COc1ccc(CCN(Cc2ccc(C)cc2)Cc2nc(C(=O)N3CC(C)OC(C)C3)cs2)cc1OC. The molecule has 37 heavy (non-hydrogen) atoms. The van der Waals surface area contributed by atoms with Gasteiger partial charge in [-0.3, -0.25) is 9.69 Å². The fourth-order valence-corrected chi connectivity index (χ4v) is 5.48. The van der Waals surface area contributed by atoms with Crippen molar-refractivity contribution in [3.63, 3.8) is 0 Å². The molecule has 1 fully saturated rings. The number of carbonyl (C=O) groups is 1. The summed E-state index contributed by atoms with van der Waals surface area (Å²) in [6.07, 6.45) is 0.923. The van der Waals surface area contributed by atoms with E-state index < -0.39 is 0 Å². The lowest BCUT2D eigenvalue weighted by atomic mass is 10.1. The zero-order chi connectivity index (χ0) is 26.4. The molecule has 2 aromatic carbocycles. The van der Waals surface area contributed by atoms with E-state index in [1.54, 1.807) is 25.6 Å². The molecule has 3 aromatic rings. The molecular weight excluding hydrogens is 486 g/mol. The summed E-state index contributed by atoms with van der Waals surface area (Å²) >= 11 is 1.55. The van der Waals surface area contributed by atoms with E-state index in [0.717, 1.165) is 36.0 Å². The second kappa shape index (κ2) is 12.5. The number of methoxy groups -OCH3 is 2. The molecule has 7 nitrogen and oxygen atoms in total. The van der Waals surface area contributed by atoms with Crippen LogP contribution in [0.5, 0.6) is 11.5 Å². The molecule has 4 rings (SSSR count). The molecule has 0 radical (unpaired) electrons. The van der Waals surface area contributed by atoms with Crippen molar-refractivity contribution in [3.8, 4) is 11.5 Å². The smallest absolute Gasteiger partial charge is 0.273 e. The summed E-state index contributed by atoms with van der Waals surface area (Å²) in [5, 5.41) is 2.83. The Hall–Kier alpha value is -2.94. The van der Waals surface area contributed by atoms with Crippen LogP contribution in [0.1, 0.15) is 46.0 Å². The molecule has 0 N–H and O–H groups in total. The fraction of sp³-hybridized carbons (Fsp3) is 0.448. The maximum Gasteiger partial charge on any atom is 0.273 e. The van der Waals surface area contributed by atoms with Crippen LogP contribution in [0.25, 0.3) is 0 Å². The third kappa shape index (κ3) is 7.31. The number of amides is 1. The van der Waals surface area contributed by atoms with Gasteiger partial charge >= 0.3 is 0 Å². The summed E-state index contributed by atoms with van der Waals surface area (Å²) < 4.78 is 16.6. The van der Waals surface area contributed by atoms with Crippen LogP contribution in [0.15, 0.2) is 47.8 Å². The number of carbonyl (C=O) groups excluding carboxylic acids is 1. The molecular formula is C29H37N3O4S. The normalized spacial score (nSPS) is 17.7. The maximum absolute atomic E-state index is 13.1. The van der Waals surface area contributed by atoms with Crippen LogP contribution in [0, 0.1) is 6.92 Å². The molecule has 2 unspecified atom stereocenters. The highest BCUT2D eigenvalue weighted by molar-refractivity contribution is 7.09. The van der Waals surface area contributed by atoms with Crippen LogP contribution in [0.2, 0.25) is 0 Å². The van der Waals surface area contributed by atoms with Gasteiger partial charge in [0.2, 0.25) is 0 Å². The lowest BCUT2D eigenvalue weighted by Gasteiger charge is -2.34. The first-order valence-corrected chi connectivity index (χ1v) is 13.6. The molecule has 1 amide bonds. The van der Waals surface area contributed by atoms with Crippen molar-refractivity contribution < 1.29 is 19.0 Å². The minimum absolute atomic E-state index is 0.0140. The zero-order valence-electron chi connectivity index (χ0n) is 22.4. The predicted octanol–water partition coefficient (Wildman–Crippen LogP) is 4.96. The minimum Gasteiger partial charge on any atom is -0.493 e. The standard InChI is InChI=1S/C29H37N3O4S/c1-20-6-8-24(9-7-20)17-31(13-12-23-10-11-26(34-4)27(14-23)35-5)18-28-30-25(19-37-28)29(33)32-15-21(2)36-22(3)16-32/h6-11,14,19,21-22H,12-13,15-18H2,1-5H3. The first-order chi connectivity index (χ1) is 17.8. The van der Waals surface area contributed by atoms with E-state index in [4.69, 9.17) is 19.2 Å². The zero-order valence-corrected chi connectivity index (χ0v) is 23.2. The summed E-state index contributed by atoms with van der Waals surface area (Å²) in [6, 6.07) is 14.7. The Kier molecular flexibility index (Phi) is 9.18. The molecule has 2 heterocycles. The lowest BCUT2D eigenvalue weighted by molar-refractivity contribution is -0.0587. The molecule has 1 aliphatic rings. The Bertz CT molecular complexity index is 1170. The van der Waals surface area contributed by atoms with Crippen molar-refractivity contribution in [1.29, 1.82) is 0 Å².